The van der Waals surface area contributed by atoms with Crippen molar-refractivity contribution in [1.82, 2.24) is 10.6 Å². The number of rotatable bonds is 4. The molecule has 0 aromatic rings. The summed E-state index contributed by atoms with van der Waals surface area (Å²) in [6, 6.07) is 0.585. The van der Waals surface area contributed by atoms with Crippen LogP contribution in [-0.2, 0) is 0 Å². The number of hydrogen-bond acceptors (Lipinski definition) is 1. The highest BCUT2D eigenvalue weighted by atomic mass is 32.1. The molecule has 1 saturated carbocycles. The summed E-state index contributed by atoms with van der Waals surface area (Å²) in [5.41, 5.74) is 0. The highest BCUT2D eigenvalue weighted by Crippen LogP contribution is 2.38. The van der Waals surface area contributed by atoms with Crippen molar-refractivity contribution in [2.45, 2.75) is 38.6 Å². The lowest BCUT2D eigenvalue weighted by molar-refractivity contribution is 0.519. The van der Waals surface area contributed by atoms with Gasteiger partial charge in [0.15, 0.2) is 5.11 Å². The third kappa shape index (κ3) is 2.71. The SMILES string of the molecule is CCCCNC(=S)NC1CC2C=CC1C2. The largest absolute Gasteiger partial charge is 0.363 e. The van der Waals surface area contributed by atoms with E-state index in [0.29, 0.717) is 6.04 Å². The van der Waals surface area contributed by atoms with Crippen LogP contribution in [0.2, 0.25) is 0 Å². The fourth-order valence-electron chi connectivity index (χ4n) is 2.54. The zero-order valence-electron chi connectivity index (χ0n) is 9.33. The van der Waals surface area contributed by atoms with E-state index in [2.05, 4.69) is 29.7 Å². The summed E-state index contributed by atoms with van der Waals surface area (Å²) in [4.78, 5) is 0. The van der Waals surface area contributed by atoms with Gasteiger partial charge in [-0.25, -0.2) is 0 Å². The monoisotopic (exact) mass is 224 g/mol. The van der Waals surface area contributed by atoms with E-state index in [1.807, 2.05) is 0 Å². The fraction of sp³-hybridized carbons (Fsp3) is 0.750. The van der Waals surface area contributed by atoms with Crippen LogP contribution in [0.25, 0.3) is 0 Å². The standard InChI is InChI=1S/C12H20N2S/c1-2-3-6-13-12(15)14-11-8-9-4-5-10(11)7-9/h4-5,9-11H,2-3,6-8H2,1H3,(H2,13,14,15). The quantitative estimate of drug-likeness (QED) is 0.435. The Balaban J connectivity index is 1.69. The van der Waals surface area contributed by atoms with Gasteiger partial charge in [0, 0.05) is 12.6 Å². The van der Waals surface area contributed by atoms with Crippen LogP contribution in [0.5, 0.6) is 0 Å². The molecule has 2 bridgehead atoms. The van der Waals surface area contributed by atoms with Crippen LogP contribution < -0.4 is 10.6 Å². The molecule has 0 heterocycles. The van der Waals surface area contributed by atoms with E-state index in [1.54, 1.807) is 0 Å². The summed E-state index contributed by atoms with van der Waals surface area (Å²) < 4.78 is 0. The summed E-state index contributed by atoms with van der Waals surface area (Å²) in [5.74, 6) is 1.53. The first-order valence-electron chi connectivity index (χ1n) is 6.02. The van der Waals surface area contributed by atoms with Gasteiger partial charge >= 0.3 is 0 Å². The minimum absolute atomic E-state index is 0.585. The van der Waals surface area contributed by atoms with Gasteiger partial charge < -0.3 is 10.6 Å². The molecule has 0 aliphatic heterocycles. The minimum atomic E-state index is 0.585. The average Bonchev–Trinajstić information content (AvgIpc) is 2.79. The second-order valence-electron chi connectivity index (χ2n) is 4.64. The molecule has 0 saturated heterocycles. The van der Waals surface area contributed by atoms with Crippen molar-refractivity contribution in [3.05, 3.63) is 12.2 Å². The highest BCUT2D eigenvalue weighted by molar-refractivity contribution is 7.80. The normalized spacial score (nSPS) is 31.9. The van der Waals surface area contributed by atoms with Crippen LogP contribution in [0.3, 0.4) is 0 Å². The van der Waals surface area contributed by atoms with E-state index in [-0.39, 0.29) is 0 Å². The van der Waals surface area contributed by atoms with Crippen molar-refractivity contribution in [2.24, 2.45) is 11.8 Å². The Morgan fingerprint density at radius 2 is 2.27 bits per heavy atom. The van der Waals surface area contributed by atoms with Crippen LogP contribution in [0.4, 0.5) is 0 Å². The summed E-state index contributed by atoms with van der Waals surface area (Å²) in [6.07, 6.45) is 9.70. The van der Waals surface area contributed by atoms with Crippen LogP contribution in [0, 0.1) is 11.8 Å². The minimum Gasteiger partial charge on any atom is -0.363 e. The third-order valence-corrected chi connectivity index (χ3v) is 3.67. The third-order valence-electron chi connectivity index (χ3n) is 3.41. The first-order chi connectivity index (χ1) is 7.29. The van der Waals surface area contributed by atoms with Gasteiger partial charge in [-0.1, -0.05) is 25.5 Å². The zero-order valence-corrected chi connectivity index (χ0v) is 10.1. The topological polar surface area (TPSA) is 24.1 Å². The van der Waals surface area contributed by atoms with Crippen molar-refractivity contribution in [3.63, 3.8) is 0 Å². The highest BCUT2D eigenvalue weighted by Gasteiger charge is 2.35. The van der Waals surface area contributed by atoms with Crippen molar-refractivity contribution >= 4 is 17.3 Å². The van der Waals surface area contributed by atoms with Gasteiger partial charge in [0.2, 0.25) is 0 Å². The molecule has 2 aliphatic carbocycles. The molecule has 2 N–H and O–H groups in total. The van der Waals surface area contributed by atoms with Crippen LogP contribution in [-0.4, -0.2) is 17.7 Å². The Labute approximate surface area is 97.5 Å². The molecular formula is C12H20N2S. The maximum absolute atomic E-state index is 5.27. The number of hydrogen-bond donors (Lipinski definition) is 2. The molecule has 1 fully saturated rings. The van der Waals surface area contributed by atoms with E-state index in [4.69, 9.17) is 12.2 Å². The number of thiocarbonyl (C=S) groups is 1. The Morgan fingerprint density at radius 3 is 2.87 bits per heavy atom. The maximum atomic E-state index is 5.27. The molecular weight excluding hydrogens is 204 g/mol. The molecule has 0 amide bonds. The van der Waals surface area contributed by atoms with Gasteiger partial charge in [-0.05, 0) is 43.3 Å². The van der Waals surface area contributed by atoms with Crippen molar-refractivity contribution < 1.29 is 0 Å². The zero-order chi connectivity index (χ0) is 10.7. The van der Waals surface area contributed by atoms with Crippen molar-refractivity contribution in [2.75, 3.05) is 6.54 Å². The van der Waals surface area contributed by atoms with Crippen molar-refractivity contribution in [3.8, 4) is 0 Å². The molecule has 2 aliphatic rings. The van der Waals surface area contributed by atoms with Crippen molar-refractivity contribution in [1.29, 1.82) is 0 Å². The van der Waals surface area contributed by atoms with E-state index in [9.17, 15) is 0 Å². The van der Waals surface area contributed by atoms with E-state index in [1.165, 1.54) is 25.7 Å². The second-order valence-corrected chi connectivity index (χ2v) is 5.05. The molecule has 3 heteroatoms. The molecule has 2 nitrogen and oxygen atoms in total. The predicted molar refractivity (Wildman–Crippen MR) is 67.8 cm³/mol. The number of nitrogens with one attached hydrogen (secondary N) is 2. The predicted octanol–water partition coefficient (Wildman–Crippen LogP) is 2.22. The van der Waals surface area contributed by atoms with Crippen LogP contribution in [0.15, 0.2) is 12.2 Å². The Hall–Kier alpha value is -0.570. The lowest BCUT2D eigenvalue weighted by atomic mass is 10.0. The fourth-order valence-corrected chi connectivity index (χ4v) is 2.80. The molecule has 15 heavy (non-hydrogen) atoms. The number of fused-ring (bicyclic) bond motifs is 2. The summed E-state index contributed by atoms with van der Waals surface area (Å²) in [6.45, 7) is 3.19. The van der Waals surface area contributed by atoms with E-state index < -0.39 is 0 Å². The van der Waals surface area contributed by atoms with E-state index >= 15 is 0 Å². The molecule has 0 radical (unpaired) electrons. The van der Waals surface area contributed by atoms with Gasteiger partial charge in [0.05, 0.1) is 0 Å². The molecule has 84 valence electrons. The summed E-state index contributed by atoms with van der Waals surface area (Å²) in [7, 11) is 0. The van der Waals surface area contributed by atoms with Gasteiger partial charge in [-0.15, -0.1) is 0 Å². The average molecular weight is 224 g/mol. The van der Waals surface area contributed by atoms with Gasteiger partial charge in [0.1, 0.15) is 0 Å². The summed E-state index contributed by atoms with van der Waals surface area (Å²) >= 11 is 5.27. The number of allylic oxidation sites excluding steroid dienone is 1. The molecule has 0 spiro atoms. The molecule has 0 aromatic heterocycles. The molecule has 0 aromatic carbocycles. The molecule has 3 atom stereocenters. The maximum Gasteiger partial charge on any atom is 0.166 e. The summed E-state index contributed by atoms with van der Waals surface area (Å²) in [5, 5.41) is 7.55. The van der Waals surface area contributed by atoms with Gasteiger partial charge in [-0.3, -0.25) is 0 Å². The Bertz CT molecular complexity index is 262. The van der Waals surface area contributed by atoms with Gasteiger partial charge in [0.25, 0.3) is 0 Å². The van der Waals surface area contributed by atoms with E-state index in [0.717, 1.165) is 23.5 Å². The lowest BCUT2D eigenvalue weighted by Crippen LogP contribution is -2.43. The lowest BCUT2D eigenvalue weighted by Gasteiger charge is -2.21. The Morgan fingerprint density at radius 1 is 1.40 bits per heavy atom. The Kier molecular flexibility index (Phi) is 3.62. The van der Waals surface area contributed by atoms with Crippen LogP contribution in [0.1, 0.15) is 32.6 Å². The first-order valence-corrected chi connectivity index (χ1v) is 6.43. The molecule has 3 unspecified atom stereocenters. The molecule has 2 rings (SSSR count). The number of unbranched alkanes of at least 4 members (excludes halogenated alkanes) is 1. The smallest absolute Gasteiger partial charge is 0.166 e. The van der Waals surface area contributed by atoms with Gasteiger partial charge in [-0.2, -0.15) is 0 Å². The second kappa shape index (κ2) is 4.97. The first kappa shape index (κ1) is 10.9. The van der Waals surface area contributed by atoms with Crippen LogP contribution >= 0.6 is 12.2 Å².